The number of halogens is 2. The number of alkyl halides is 1. The molecule has 0 fully saturated rings. The van der Waals surface area contributed by atoms with Crippen molar-refractivity contribution in [1.29, 1.82) is 5.26 Å². The number of benzene rings is 1. The van der Waals surface area contributed by atoms with Crippen LogP contribution in [0.3, 0.4) is 0 Å². The van der Waals surface area contributed by atoms with Gasteiger partial charge in [-0.1, -0.05) is 0 Å². The van der Waals surface area contributed by atoms with E-state index in [1.165, 1.54) is 13.2 Å². The molecule has 0 bridgehead atoms. The number of rotatable bonds is 3. The lowest BCUT2D eigenvalue weighted by molar-refractivity contribution is -0.139. The summed E-state index contributed by atoms with van der Waals surface area (Å²) in [6.45, 7) is 0. The molecule has 0 heterocycles. The van der Waals surface area contributed by atoms with E-state index in [4.69, 9.17) is 16.9 Å². The molecule has 0 radical (unpaired) electrons. The quantitative estimate of drug-likeness (QED) is 0.602. The van der Waals surface area contributed by atoms with Gasteiger partial charge in [-0.2, -0.15) is 5.26 Å². The van der Waals surface area contributed by atoms with Crippen LogP contribution in [0, 0.1) is 17.1 Å². The molecule has 0 aliphatic carbocycles. The molecule has 1 rings (SSSR count). The molecule has 0 saturated carbocycles. The Hall–Kier alpha value is -1.60. The molecule has 0 aromatic heterocycles. The maximum atomic E-state index is 13.4. The summed E-state index contributed by atoms with van der Waals surface area (Å²) in [5.74, 6) is -1.14. The Kier molecular flexibility index (Phi) is 4.27. The average molecular weight is 242 g/mol. The highest BCUT2D eigenvalue weighted by molar-refractivity contribution is 6.17. The van der Waals surface area contributed by atoms with Crippen LogP contribution in [0.2, 0.25) is 0 Å². The van der Waals surface area contributed by atoms with Crippen molar-refractivity contribution < 1.29 is 13.9 Å². The van der Waals surface area contributed by atoms with Crippen molar-refractivity contribution in [3.05, 3.63) is 34.6 Å². The zero-order valence-corrected chi connectivity index (χ0v) is 9.34. The van der Waals surface area contributed by atoms with Crippen LogP contribution < -0.4 is 0 Å². The molecule has 0 N–H and O–H groups in total. The number of hydrogen-bond donors (Lipinski definition) is 0. The lowest BCUT2D eigenvalue weighted by Gasteiger charge is -2.09. The van der Waals surface area contributed by atoms with Crippen molar-refractivity contribution in [2.75, 3.05) is 7.11 Å². The highest BCUT2D eigenvalue weighted by Crippen LogP contribution is 2.21. The summed E-state index contributed by atoms with van der Waals surface area (Å²) < 4.78 is 17.9. The number of hydrogen-bond acceptors (Lipinski definition) is 3. The molecule has 0 spiro atoms. The molecule has 84 valence electrons. The third kappa shape index (κ3) is 2.50. The van der Waals surface area contributed by atoms with E-state index >= 15 is 0 Å². The van der Waals surface area contributed by atoms with Gasteiger partial charge in [-0.3, -0.25) is 4.79 Å². The van der Waals surface area contributed by atoms with Gasteiger partial charge >= 0.3 is 5.97 Å². The normalized spacial score (nSPS) is 9.62. The van der Waals surface area contributed by atoms with Gasteiger partial charge in [0.2, 0.25) is 0 Å². The summed E-state index contributed by atoms with van der Waals surface area (Å²) in [4.78, 5) is 11.1. The monoisotopic (exact) mass is 241 g/mol. The van der Waals surface area contributed by atoms with Crippen molar-refractivity contribution in [2.24, 2.45) is 0 Å². The molecule has 1 aromatic rings. The molecule has 1 aromatic carbocycles. The molecule has 5 heteroatoms. The van der Waals surface area contributed by atoms with Gasteiger partial charge in [0.05, 0.1) is 31.0 Å². The van der Waals surface area contributed by atoms with Crippen LogP contribution in [0.15, 0.2) is 12.1 Å². The van der Waals surface area contributed by atoms with Gasteiger partial charge in [0, 0.05) is 5.56 Å². The molecule has 0 unspecified atom stereocenters. The third-order valence-corrected chi connectivity index (χ3v) is 2.44. The lowest BCUT2D eigenvalue weighted by atomic mass is 9.99. The van der Waals surface area contributed by atoms with Crippen LogP contribution >= 0.6 is 11.6 Å². The van der Waals surface area contributed by atoms with Crippen LogP contribution in [-0.2, 0) is 21.8 Å². The Balaban J connectivity index is 3.26. The topological polar surface area (TPSA) is 50.1 Å². The summed E-state index contributed by atoms with van der Waals surface area (Å²) in [6.07, 6.45) is -0.154. The number of ether oxygens (including phenoxy) is 1. The van der Waals surface area contributed by atoms with E-state index in [2.05, 4.69) is 4.74 Å². The molecule has 0 aliphatic heterocycles. The minimum absolute atomic E-state index is 0.0896. The molecule has 16 heavy (non-hydrogen) atoms. The van der Waals surface area contributed by atoms with Gasteiger partial charge in [-0.25, -0.2) is 4.39 Å². The Morgan fingerprint density at radius 3 is 2.75 bits per heavy atom. The second-order valence-corrected chi connectivity index (χ2v) is 3.32. The third-order valence-electron chi connectivity index (χ3n) is 2.18. The molecule has 0 aliphatic rings. The highest BCUT2D eigenvalue weighted by atomic mass is 35.5. The summed E-state index contributed by atoms with van der Waals surface area (Å²) >= 11 is 5.59. The highest BCUT2D eigenvalue weighted by Gasteiger charge is 2.16. The fourth-order valence-corrected chi connectivity index (χ4v) is 1.62. The van der Waals surface area contributed by atoms with E-state index in [0.717, 1.165) is 6.07 Å². The van der Waals surface area contributed by atoms with Crippen molar-refractivity contribution in [3.63, 3.8) is 0 Å². The zero-order valence-electron chi connectivity index (χ0n) is 8.59. The minimum atomic E-state index is -0.534. The standard InChI is InChI=1S/C11H9ClFNO2/c1-16-11(15)4-8-7(6-14)2-3-10(13)9(8)5-12/h2-3H,4-5H2,1H3. The molecule has 3 nitrogen and oxygen atoms in total. The lowest BCUT2D eigenvalue weighted by Crippen LogP contribution is -2.09. The number of nitrogens with zero attached hydrogens (tertiary/aromatic N) is 1. The Bertz CT molecular complexity index is 454. The predicted octanol–water partition coefficient (Wildman–Crippen LogP) is 2.15. The second-order valence-electron chi connectivity index (χ2n) is 3.05. The first-order chi connectivity index (χ1) is 7.63. The Morgan fingerprint density at radius 2 is 2.25 bits per heavy atom. The number of carbonyl (C=O) groups excluding carboxylic acids is 1. The average Bonchev–Trinajstić information content (AvgIpc) is 2.29. The van der Waals surface area contributed by atoms with Gasteiger partial charge in [0.15, 0.2) is 0 Å². The first-order valence-electron chi connectivity index (χ1n) is 4.47. The number of esters is 1. The van der Waals surface area contributed by atoms with Gasteiger partial charge in [0.1, 0.15) is 5.82 Å². The van der Waals surface area contributed by atoms with E-state index in [9.17, 15) is 9.18 Å². The van der Waals surface area contributed by atoms with Crippen molar-refractivity contribution in [1.82, 2.24) is 0 Å². The first-order valence-corrected chi connectivity index (χ1v) is 5.00. The van der Waals surface area contributed by atoms with Crippen LogP contribution in [0.4, 0.5) is 4.39 Å². The summed E-state index contributed by atoms with van der Waals surface area (Å²) in [7, 11) is 1.23. The van der Waals surface area contributed by atoms with Crippen LogP contribution in [0.25, 0.3) is 0 Å². The maximum absolute atomic E-state index is 13.4. The fourth-order valence-electron chi connectivity index (χ4n) is 1.33. The van der Waals surface area contributed by atoms with Crippen molar-refractivity contribution in [2.45, 2.75) is 12.3 Å². The van der Waals surface area contributed by atoms with Crippen molar-refractivity contribution >= 4 is 17.6 Å². The second kappa shape index (κ2) is 5.47. The summed E-state index contributed by atoms with van der Waals surface area (Å²) in [5.41, 5.74) is 0.706. The SMILES string of the molecule is COC(=O)Cc1c(C#N)ccc(F)c1CCl. The van der Waals surface area contributed by atoms with Crippen LogP contribution in [0.1, 0.15) is 16.7 Å². The summed E-state index contributed by atoms with van der Waals surface area (Å²) in [5, 5.41) is 8.85. The van der Waals surface area contributed by atoms with Gasteiger partial charge in [0.25, 0.3) is 0 Å². The van der Waals surface area contributed by atoms with E-state index in [0.29, 0.717) is 5.56 Å². The van der Waals surface area contributed by atoms with Crippen molar-refractivity contribution in [3.8, 4) is 6.07 Å². The van der Waals surface area contributed by atoms with Crippen LogP contribution in [-0.4, -0.2) is 13.1 Å². The number of methoxy groups -OCH3 is 1. The predicted molar refractivity (Wildman–Crippen MR) is 56.4 cm³/mol. The van der Waals surface area contributed by atoms with E-state index in [-0.39, 0.29) is 23.4 Å². The molecule has 0 saturated heterocycles. The van der Waals surface area contributed by atoms with Gasteiger partial charge in [-0.05, 0) is 17.7 Å². The minimum Gasteiger partial charge on any atom is -0.469 e. The maximum Gasteiger partial charge on any atom is 0.310 e. The van der Waals surface area contributed by atoms with Gasteiger partial charge < -0.3 is 4.74 Å². The number of carbonyl (C=O) groups is 1. The molecule has 0 atom stereocenters. The van der Waals surface area contributed by atoms with Crippen LogP contribution in [0.5, 0.6) is 0 Å². The summed E-state index contributed by atoms with van der Waals surface area (Å²) in [6, 6.07) is 4.38. The molecular weight excluding hydrogens is 233 g/mol. The fraction of sp³-hybridized carbons (Fsp3) is 0.273. The Morgan fingerprint density at radius 1 is 1.56 bits per heavy atom. The Labute approximate surface area is 97.4 Å². The van der Waals surface area contributed by atoms with E-state index < -0.39 is 11.8 Å². The van der Waals surface area contributed by atoms with Gasteiger partial charge in [-0.15, -0.1) is 11.6 Å². The molecular formula is C11H9ClFNO2. The first kappa shape index (κ1) is 12.5. The smallest absolute Gasteiger partial charge is 0.310 e. The zero-order chi connectivity index (χ0) is 12.1. The number of nitriles is 1. The largest absolute Gasteiger partial charge is 0.469 e. The van der Waals surface area contributed by atoms with E-state index in [1.54, 1.807) is 0 Å². The van der Waals surface area contributed by atoms with E-state index in [1.807, 2.05) is 6.07 Å². The molecule has 0 amide bonds.